The Labute approximate surface area is 217 Å². The Morgan fingerprint density at radius 2 is 1.59 bits per heavy atom. The van der Waals surface area contributed by atoms with Gasteiger partial charge in [-0.3, -0.25) is 9.59 Å². The van der Waals surface area contributed by atoms with Gasteiger partial charge in [0.05, 0.1) is 20.3 Å². The zero-order valence-electron chi connectivity index (χ0n) is 22.2. The fourth-order valence-electron chi connectivity index (χ4n) is 3.88. The Morgan fingerprint density at radius 3 is 2.08 bits per heavy atom. The van der Waals surface area contributed by atoms with E-state index in [1.165, 1.54) is 7.11 Å². The van der Waals surface area contributed by atoms with Gasteiger partial charge in [0, 0.05) is 12.2 Å². The molecule has 2 rings (SSSR count). The second-order valence-corrected chi connectivity index (χ2v) is 9.56. The zero-order valence-corrected chi connectivity index (χ0v) is 22.2. The number of hydrogen-bond acceptors (Lipinski definition) is 7. The number of aliphatic hydroxyl groups excluding tert-OH is 2. The summed E-state index contributed by atoms with van der Waals surface area (Å²) in [7, 11) is 1.53. The van der Waals surface area contributed by atoms with Crippen molar-refractivity contribution < 1.29 is 34.1 Å². The van der Waals surface area contributed by atoms with Crippen molar-refractivity contribution >= 4 is 23.6 Å². The molecule has 0 spiro atoms. The molecule has 0 aliphatic heterocycles. The molecular formula is C27H37N3O7. The lowest BCUT2D eigenvalue weighted by Crippen LogP contribution is -2.54. The van der Waals surface area contributed by atoms with E-state index in [2.05, 4.69) is 10.6 Å². The highest BCUT2D eigenvalue weighted by Crippen LogP contribution is 2.30. The number of ether oxygens (including phenoxy) is 2. The summed E-state index contributed by atoms with van der Waals surface area (Å²) in [6.07, 6.45) is -0.893. The summed E-state index contributed by atoms with van der Waals surface area (Å²) in [5, 5.41) is 25.0. The van der Waals surface area contributed by atoms with Gasteiger partial charge in [0.1, 0.15) is 23.4 Å². The minimum absolute atomic E-state index is 0.222. The second kappa shape index (κ2) is 13.1. The van der Waals surface area contributed by atoms with Gasteiger partial charge in [0.2, 0.25) is 5.91 Å². The summed E-state index contributed by atoms with van der Waals surface area (Å²) in [4.78, 5) is 40.8. The van der Waals surface area contributed by atoms with Gasteiger partial charge in [0.15, 0.2) is 0 Å². The molecule has 4 N–H and O–H groups in total. The number of aliphatic hydroxyl groups is 2. The lowest BCUT2D eigenvalue weighted by Gasteiger charge is -2.35. The van der Waals surface area contributed by atoms with Crippen LogP contribution < -0.4 is 15.4 Å². The maximum Gasteiger partial charge on any atom is 0.408 e. The first-order chi connectivity index (χ1) is 17.4. The van der Waals surface area contributed by atoms with Crippen molar-refractivity contribution in [3.8, 4) is 5.75 Å². The van der Waals surface area contributed by atoms with Gasteiger partial charge in [-0.05, 0) is 75.6 Å². The Morgan fingerprint density at radius 1 is 1.00 bits per heavy atom. The minimum atomic E-state index is -1.40. The van der Waals surface area contributed by atoms with Crippen LogP contribution in [0.1, 0.15) is 43.5 Å². The molecule has 0 aromatic heterocycles. The zero-order chi connectivity index (χ0) is 27.8. The molecule has 2 atom stereocenters. The average molecular weight is 516 g/mol. The third-order valence-corrected chi connectivity index (χ3v) is 5.53. The number of rotatable bonds is 10. The highest BCUT2D eigenvalue weighted by molar-refractivity contribution is 5.99. The first-order valence-corrected chi connectivity index (χ1v) is 11.9. The molecule has 10 heteroatoms. The molecule has 10 nitrogen and oxygen atoms in total. The predicted molar refractivity (Wildman–Crippen MR) is 139 cm³/mol. The van der Waals surface area contributed by atoms with Crippen LogP contribution in [0.4, 0.5) is 10.5 Å². The van der Waals surface area contributed by atoms with Crippen LogP contribution >= 0.6 is 0 Å². The second-order valence-electron chi connectivity index (χ2n) is 9.56. The molecule has 2 aromatic carbocycles. The summed E-state index contributed by atoms with van der Waals surface area (Å²) in [5.41, 5.74) is 1.74. The van der Waals surface area contributed by atoms with Crippen molar-refractivity contribution in [1.29, 1.82) is 0 Å². The van der Waals surface area contributed by atoms with Gasteiger partial charge >= 0.3 is 6.09 Å². The van der Waals surface area contributed by atoms with Crippen molar-refractivity contribution in [3.63, 3.8) is 0 Å². The Hall–Kier alpha value is -3.63. The van der Waals surface area contributed by atoms with Crippen LogP contribution in [0.25, 0.3) is 0 Å². The lowest BCUT2D eigenvalue weighted by atomic mass is 9.93. The number of anilines is 1. The van der Waals surface area contributed by atoms with Crippen molar-refractivity contribution in [2.75, 3.05) is 32.2 Å². The van der Waals surface area contributed by atoms with Crippen molar-refractivity contribution in [2.45, 2.75) is 52.3 Å². The van der Waals surface area contributed by atoms with Gasteiger partial charge in [-0.25, -0.2) is 4.79 Å². The molecule has 0 saturated carbocycles. The number of amides is 3. The van der Waals surface area contributed by atoms with Crippen molar-refractivity contribution in [3.05, 3.63) is 59.2 Å². The smallest absolute Gasteiger partial charge is 0.408 e. The van der Waals surface area contributed by atoms with Crippen molar-refractivity contribution in [2.24, 2.45) is 0 Å². The van der Waals surface area contributed by atoms with Gasteiger partial charge in [-0.15, -0.1) is 0 Å². The number of nitrogens with zero attached hydrogens (tertiary/aromatic N) is 1. The fraction of sp³-hybridized carbons (Fsp3) is 0.444. The monoisotopic (exact) mass is 515 g/mol. The molecule has 0 saturated heterocycles. The fourth-order valence-corrected chi connectivity index (χ4v) is 3.88. The Balaban J connectivity index is 2.49. The first-order valence-electron chi connectivity index (χ1n) is 11.9. The highest BCUT2D eigenvalue weighted by atomic mass is 16.6. The Kier molecular flexibility index (Phi) is 10.5. The summed E-state index contributed by atoms with van der Waals surface area (Å²) in [6, 6.07) is 9.61. The third-order valence-electron chi connectivity index (χ3n) is 5.53. The van der Waals surface area contributed by atoms with Crippen LogP contribution in [0.2, 0.25) is 0 Å². The largest absolute Gasteiger partial charge is 0.497 e. The molecular weight excluding hydrogens is 478 g/mol. The van der Waals surface area contributed by atoms with Crippen LogP contribution in [0.3, 0.4) is 0 Å². The van der Waals surface area contributed by atoms with E-state index in [9.17, 15) is 24.6 Å². The SMILES string of the molecule is COc1ccc(NC(=O)C(c2c(C)cccc2C)N(CCO)C(=O)C(CO)NC(=O)OC(C)(C)C)cc1. The van der Waals surface area contributed by atoms with E-state index in [-0.39, 0.29) is 6.54 Å². The number of benzene rings is 2. The third kappa shape index (κ3) is 8.19. The number of aryl methyl sites for hydroxylation is 2. The normalized spacial score (nSPS) is 12.8. The quantitative estimate of drug-likeness (QED) is 0.382. The van der Waals surface area contributed by atoms with Gasteiger partial charge in [-0.2, -0.15) is 0 Å². The van der Waals surface area contributed by atoms with E-state index in [0.29, 0.717) is 17.0 Å². The number of carbonyl (C=O) groups excluding carboxylic acids is 3. The standard InChI is InChI=1S/C27H37N3O7/c1-17-8-7-9-18(2)22(17)23(24(33)28-19-10-12-20(36-6)13-11-19)30(14-15-31)25(34)21(16-32)29-26(35)37-27(3,4)5/h7-13,21,23,31-32H,14-16H2,1-6H3,(H,28,33)(H,29,35). The first kappa shape index (κ1) is 29.6. The molecule has 0 bridgehead atoms. The molecule has 37 heavy (non-hydrogen) atoms. The highest BCUT2D eigenvalue weighted by Gasteiger charge is 2.37. The summed E-state index contributed by atoms with van der Waals surface area (Å²) < 4.78 is 10.4. The van der Waals surface area contributed by atoms with Gasteiger partial charge in [-0.1, -0.05) is 18.2 Å². The van der Waals surface area contributed by atoms with E-state index in [1.54, 1.807) is 45.0 Å². The number of alkyl carbamates (subject to hydrolysis) is 1. The van der Waals surface area contributed by atoms with Crippen LogP contribution in [0.15, 0.2) is 42.5 Å². The van der Waals surface area contributed by atoms with E-state index in [0.717, 1.165) is 16.0 Å². The van der Waals surface area contributed by atoms with Crippen LogP contribution in [-0.4, -0.2) is 71.5 Å². The average Bonchev–Trinajstić information content (AvgIpc) is 2.82. The maximum atomic E-state index is 13.7. The number of carbonyl (C=O) groups is 3. The molecule has 0 radical (unpaired) electrons. The predicted octanol–water partition coefficient (Wildman–Crippen LogP) is 2.70. The molecule has 3 amide bonds. The van der Waals surface area contributed by atoms with Crippen LogP contribution in [0, 0.1) is 13.8 Å². The molecule has 0 heterocycles. The number of hydrogen-bond donors (Lipinski definition) is 4. The number of methoxy groups -OCH3 is 1. The lowest BCUT2D eigenvalue weighted by molar-refractivity contribution is -0.142. The summed E-state index contributed by atoms with van der Waals surface area (Å²) in [5.74, 6) is -0.668. The van der Waals surface area contributed by atoms with E-state index in [4.69, 9.17) is 9.47 Å². The minimum Gasteiger partial charge on any atom is -0.497 e. The Bertz CT molecular complexity index is 1060. The van der Waals surface area contributed by atoms with E-state index in [1.807, 2.05) is 32.0 Å². The topological polar surface area (TPSA) is 137 Å². The molecule has 0 aliphatic carbocycles. The van der Waals surface area contributed by atoms with Crippen LogP contribution in [0.5, 0.6) is 5.75 Å². The van der Waals surface area contributed by atoms with E-state index < -0.39 is 48.8 Å². The number of nitrogens with one attached hydrogen (secondary N) is 2. The molecule has 0 fully saturated rings. The molecule has 2 aromatic rings. The van der Waals surface area contributed by atoms with Gasteiger partial charge in [0.25, 0.3) is 5.91 Å². The van der Waals surface area contributed by atoms with Crippen LogP contribution in [-0.2, 0) is 14.3 Å². The van der Waals surface area contributed by atoms with Crippen molar-refractivity contribution in [1.82, 2.24) is 10.2 Å². The molecule has 0 aliphatic rings. The summed E-state index contributed by atoms with van der Waals surface area (Å²) in [6.45, 7) is 7.23. The summed E-state index contributed by atoms with van der Waals surface area (Å²) >= 11 is 0. The van der Waals surface area contributed by atoms with Gasteiger partial charge < -0.3 is 35.2 Å². The molecule has 2 unspecified atom stereocenters. The van der Waals surface area contributed by atoms with E-state index >= 15 is 0 Å². The maximum absolute atomic E-state index is 13.7. The molecule has 202 valence electrons.